The van der Waals surface area contributed by atoms with Crippen LogP contribution in [0, 0.1) is 0 Å². The first kappa shape index (κ1) is 11.0. The number of aromatic nitrogens is 1. The van der Waals surface area contributed by atoms with Gasteiger partial charge in [0.15, 0.2) is 0 Å². The molecule has 0 aliphatic carbocycles. The zero-order valence-electron chi connectivity index (χ0n) is 9.49. The Morgan fingerprint density at radius 1 is 1.40 bits per heavy atom. The molecule has 0 spiro atoms. The summed E-state index contributed by atoms with van der Waals surface area (Å²) in [4.78, 5) is 9.54. The van der Waals surface area contributed by atoms with Crippen molar-refractivity contribution >= 4 is 24.8 Å². The third kappa shape index (κ3) is 2.53. The van der Waals surface area contributed by atoms with Gasteiger partial charge in [0.25, 0.3) is 0 Å². The molecule has 0 aromatic carbocycles. The van der Waals surface area contributed by atoms with Gasteiger partial charge in [-0.25, -0.2) is 0 Å². The molecule has 1 aliphatic rings. The Hall–Kier alpha value is -0.531. The van der Waals surface area contributed by atoms with E-state index < -0.39 is 0 Å². The SMILES string of the molecule is C/C=C(\C)c1c[se]c(N2CCCCC2)n1. The van der Waals surface area contributed by atoms with Crippen LogP contribution in [0.25, 0.3) is 5.57 Å². The molecule has 82 valence electrons. The van der Waals surface area contributed by atoms with Crippen molar-refractivity contribution in [2.24, 2.45) is 0 Å². The summed E-state index contributed by atoms with van der Waals surface area (Å²) >= 11 is 0.469. The molecular weight excluding hydrogens is 251 g/mol. The van der Waals surface area contributed by atoms with Crippen LogP contribution >= 0.6 is 0 Å². The molecule has 0 N–H and O–H groups in total. The number of allylic oxidation sites excluding steroid dienone is 2. The van der Waals surface area contributed by atoms with Gasteiger partial charge >= 0.3 is 97.6 Å². The van der Waals surface area contributed by atoms with Gasteiger partial charge in [0.05, 0.1) is 0 Å². The van der Waals surface area contributed by atoms with Gasteiger partial charge in [-0.05, 0) is 0 Å². The molecule has 2 rings (SSSR count). The van der Waals surface area contributed by atoms with E-state index in [4.69, 9.17) is 4.98 Å². The molecule has 0 amide bonds. The van der Waals surface area contributed by atoms with Gasteiger partial charge in [-0.3, -0.25) is 0 Å². The van der Waals surface area contributed by atoms with E-state index in [-0.39, 0.29) is 0 Å². The van der Waals surface area contributed by atoms with E-state index in [1.807, 2.05) is 0 Å². The number of nitrogens with zero attached hydrogens (tertiary/aromatic N) is 2. The van der Waals surface area contributed by atoms with E-state index in [1.165, 1.54) is 48.3 Å². The fourth-order valence-electron chi connectivity index (χ4n) is 1.82. The summed E-state index contributed by atoms with van der Waals surface area (Å²) in [5, 5.41) is 0. The molecule has 1 aromatic rings. The Morgan fingerprint density at radius 2 is 2.13 bits per heavy atom. The summed E-state index contributed by atoms with van der Waals surface area (Å²) < 4.78 is 1.35. The van der Waals surface area contributed by atoms with Gasteiger partial charge in [0.2, 0.25) is 0 Å². The zero-order valence-corrected chi connectivity index (χ0v) is 11.2. The molecule has 1 aromatic heterocycles. The van der Waals surface area contributed by atoms with E-state index in [0.717, 1.165) is 0 Å². The van der Waals surface area contributed by atoms with Crippen LogP contribution in [-0.2, 0) is 0 Å². The number of hydrogen-bond acceptors (Lipinski definition) is 2. The fourth-order valence-corrected chi connectivity index (χ4v) is 3.79. The topological polar surface area (TPSA) is 16.1 Å². The zero-order chi connectivity index (χ0) is 10.7. The van der Waals surface area contributed by atoms with Gasteiger partial charge in [0, 0.05) is 0 Å². The number of rotatable bonds is 2. The van der Waals surface area contributed by atoms with Crippen LogP contribution in [0.15, 0.2) is 11.0 Å². The fraction of sp³-hybridized carbons (Fsp3) is 0.583. The monoisotopic (exact) mass is 270 g/mol. The van der Waals surface area contributed by atoms with Gasteiger partial charge in [0.1, 0.15) is 0 Å². The van der Waals surface area contributed by atoms with Gasteiger partial charge in [-0.1, -0.05) is 0 Å². The molecule has 2 heterocycles. The van der Waals surface area contributed by atoms with Crippen molar-refractivity contribution in [1.29, 1.82) is 0 Å². The summed E-state index contributed by atoms with van der Waals surface area (Å²) in [5.74, 6) is 0. The average Bonchev–Trinajstić information content (AvgIpc) is 2.78. The molecular formula is C12H18N2Se. The second-order valence-corrected chi connectivity index (χ2v) is 5.79. The third-order valence-electron chi connectivity index (χ3n) is 2.96. The maximum atomic E-state index is 4.75. The number of anilines is 1. The van der Waals surface area contributed by atoms with E-state index >= 15 is 0 Å². The Bertz CT molecular complexity index is 348. The summed E-state index contributed by atoms with van der Waals surface area (Å²) in [6, 6.07) is 0. The number of hydrogen-bond donors (Lipinski definition) is 0. The average molecular weight is 269 g/mol. The molecule has 15 heavy (non-hydrogen) atoms. The van der Waals surface area contributed by atoms with Crippen molar-refractivity contribution in [3.8, 4) is 0 Å². The minimum atomic E-state index is 0.469. The van der Waals surface area contributed by atoms with Crippen LogP contribution in [0.4, 0.5) is 4.69 Å². The first-order valence-electron chi connectivity index (χ1n) is 5.65. The quantitative estimate of drug-likeness (QED) is 0.767. The van der Waals surface area contributed by atoms with Crippen LogP contribution in [0.1, 0.15) is 38.8 Å². The van der Waals surface area contributed by atoms with Gasteiger partial charge < -0.3 is 0 Å². The molecule has 0 radical (unpaired) electrons. The van der Waals surface area contributed by atoms with Crippen LogP contribution in [0.5, 0.6) is 0 Å². The van der Waals surface area contributed by atoms with E-state index in [0.29, 0.717) is 14.5 Å². The van der Waals surface area contributed by atoms with E-state index in [2.05, 4.69) is 29.8 Å². The van der Waals surface area contributed by atoms with E-state index in [9.17, 15) is 0 Å². The minimum absolute atomic E-state index is 0.469. The van der Waals surface area contributed by atoms with Crippen molar-refractivity contribution in [2.75, 3.05) is 18.0 Å². The maximum absolute atomic E-state index is 4.75. The Kier molecular flexibility index (Phi) is 3.66. The molecule has 1 aliphatic heterocycles. The van der Waals surface area contributed by atoms with Gasteiger partial charge in [-0.2, -0.15) is 0 Å². The Morgan fingerprint density at radius 3 is 2.80 bits per heavy atom. The van der Waals surface area contributed by atoms with E-state index in [1.54, 1.807) is 0 Å². The second-order valence-electron chi connectivity index (χ2n) is 4.03. The van der Waals surface area contributed by atoms with Crippen molar-refractivity contribution in [2.45, 2.75) is 33.1 Å². The molecule has 1 fully saturated rings. The molecule has 0 bridgehead atoms. The summed E-state index contributed by atoms with van der Waals surface area (Å²) in [6.07, 6.45) is 6.22. The standard InChI is InChI=1S/C12H18N2Se/c1-3-10(2)11-9-15-12(13-11)14-7-5-4-6-8-14/h3,9H,4-8H2,1-2H3/b10-3+. The molecule has 1 saturated heterocycles. The van der Waals surface area contributed by atoms with Crippen molar-refractivity contribution in [3.63, 3.8) is 0 Å². The third-order valence-corrected chi connectivity index (χ3v) is 4.85. The van der Waals surface area contributed by atoms with Crippen LogP contribution in [0.2, 0.25) is 0 Å². The second kappa shape index (κ2) is 5.00. The first-order valence-corrected chi connectivity index (χ1v) is 7.49. The van der Waals surface area contributed by atoms with Crippen LogP contribution < -0.4 is 4.90 Å². The molecule has 0 saturated carbocycles. The van der Waals surface area contributed by atoms with Crippen LogP contribution in [-0.4, -0.2) is 32.6 Å². The van der Waals surface area contributed by atoms with Crippen LogP contribution in [0.3, 0.4) is 0 Å². The molecule has 0 atom stereocenters. The van der Waals surface area contributed by atoms with Gasteiger partial charge in [-0.15, -0.1) is 0 Å². The molecule has 3 heteroatoms. The Balaban J connectivity index is 2.12. The van der Waals surface area contributed by atoms with Crippen molar-refractivity contribution < 1.29 is 0 Å². The van der Waals surface area contributed by atoms with Crippen molar-refractivity contribution in [3.05, 3.63) is 16.7 Å². The summed E-state index contributed by atoms with van der Waals surface area (Å²) in [6.45, 7) is 6.66. The first-order chi connectivity index (χ1) is 7.31. The Labute approximate surface area is 97.8 Å². The van der Waals surface area contributed by atoms with Crippen molar-refractivity contribution in [1.82, 2.24) is 4.98 Å². The predicted octanol–water partition coefficient (Wildman–Crippen LogP) is 2.55. The molecule has 2 nitrogen and oxygen atoms in total. The molecule has 0 unspecified atom stereocenters. The normalized spacial score (nSPS) is 18.3. The summed E-state index contributed by atoms with van der Waals surface area (Å²) in [7, 11) is 0. The predicted molar refractivity (Wildman–Crippen MR) is 66.6 cm³/mol. The summed E-state index contributed by atoms with van der Waals surface area (Å²) in [5.41, 5.74) is 2.52. The number of piperidine rings is 1.